The second kappa shape index (κ2) is 6.18. The lowest BCUT2D eigenvalue weighted by Crippen LogP contribution is -2.47. The van der Waals surface area contributed by atoms with Crippen molar-refractivity contribution in [2.24, 2.45) is 11.7 Å². The summed E-state index contributed by atoms with van der Waals surface area (Å²) in [6, 6.07) is 0. The van der Waals surface area contributed by atoms with E-state index in [1.807, 2.05) is 6.92 Å². The lowest BCUT2D eigenvalue weighted by atomic mass is 10.0. The lowest BCUT2D eigenvalue weighted by molar-refractivity contribution is -0.126. The summed E-state index contributed by atoms with van der Waals surface area (Å²) in [5, 5.41) is 2.89. The summed E-state index contributed by atoms with van der Waals surface area (Å²) in [4.78, 5) is 11.7. The van der Waals surface area contributed by atoms with Crippen molar-refractivity contribution in [2.45, 2.75) is 25.4 Å². The molecule has 1 heterocycles. The third-order valence-electron chi connectivity index (χ3n) is 3.23. The van der Waals surface area contributed by atoms with Crippen LogP contribution >= 0.6 is 0 Å². The number of nitrogens with two attached hydrogens (primary N) is 1. The van der Waals surface area contributed by atoms with Crippen LogP contribution in [0.4, 0.5) is 0 Å². The van der Waals surface area contributed by atoms with Gasteiger partial charge in [-0.05, 0) is 6.42 Å². The SMILES string of the molecule is CCC(CN)C(=O)NCC1(OC)CCOC1. The molecule has 0 bridgehead atoms. The van der Waals surface area contributed by atoms with Crippen LogP contribution in [0.5, 0.6) is 0 Å². The quantitative estimate of drug-likeness (QED) is 0.668. The van der Waals surface area contributed by atoms with Crippen LogP contribution in [0.25, 0.3) is 0 Å². The molecule has 0 radical (unpaired) electrons. The molecule has 3 N–H and O–H groups in total. The number of hydrogen-bond acceptors (Lipinski definition) is 4. The van der Waals surface area contributed by atoms with E-state index in [4.69, 9.17) is 15.2 Å². The molecule has 0 aliphatic carbocycles. The van der Waals surface area contributed by atoms with E-state index in [0.717, 1.165) is 12.8 Å². The Morgan fingerprint density at radius 1 is 1.69 bits per heavy atom. The predicted molar refractivity (Wildman–Crippen MR) is 61.0 cm³/mol. The minimum absolute atomic E-state index is 0.00771. The van der Waals surface area contributed by atoms with Gasteiger partial charge in [0.1, 0.15) is 5.60 Å². The van der Waals surface area contributed by atoms with Crippen molar-refractivity contribution in [3.63, 3.8) is 0 Å². The number of methoxy groups -OCH3 is 1. The van der Waals surface area contributed by atoms with Gasteiger partial charge in [0.05, 0.1) is 6.61 Å². The Balaban J connectivity index is 2.40. The standard InChI is InChI=1S/C11H22N2O3/c1-3-9(6-12)10(14)13-7-11(15-2)4-5-16-8-11/h9H,3-8,12H2,1-2H3,(H,13,14). The molecule has 0 aromatic heterocycles. The first-order chi connectivity index (χ1) is 7.67. The molecule has 0 saturated carbocycles. The second-order valence-corrected chi connectivity index (χ2v) is 4.25. The van der Waals surface area contributed by atoms with Crippen LogP contribution in [0.1, 0.15) is 19.8 Å². The second-order valence-electron chi connectivity index (χ2n) is 4.25. The predicted octanol–water partition coefficient (Wildman–Crippen LogP) is -0.107. The molecule has 16 heavy (non-hydrogen) atoms. The molecular weight excluding hydrogens is 208 g/mol. The number of carbonyl (C=O) groups is 1. The number of rotatable bonds is 6. The molecule has 0 aromatic carbocycles. The number of carbonyl (C=O) groups excluding carboxylic acids is 1. The molecule has 5 heteroatoms. The fraction of sp³-hybridized carbons (Fsp3) is 0.909. The molecule has 2 atom stereocenters. The summed E-state index contributed by atoms with van der Waals surface area (Å²) in [6.07, 6.45) is 1.59. The maximum Gasteiger partial charge on any atom is 0.224 e. The molecule has 0 spiro atoms. The summed E-state index contributed by atoms with van der Waals surface area (Å²) in [7, 11) is 1.65. The third kappa shape index (κ3) is 3.17. The highest BCUT2D eigenvalue weighted by Crippen LogP contribution is 2.21. The molecule has 2 unspecified atom stereocenters. The van der Waals surface area contributed by atoms with E-state index in [2.05, 4.69) is 5.32 Å². The van der Waals surface area contributed by atoms with Gasteiger partial charge in [-0.3, -0.25) is 4.79 Å². The van der Waals surface area contributed by atoms with E-state index in [-0.39, 0.29) is 17.4 Å². The zero-order chi connectivity index (χ0) is 12.0. The van der Waals surface area contributed by atoms with Gasteiger partial charge in [-0.2, -0.15) is 0 Å². The van der Waals surface area contributed by atoms with Crippen LogP contribution in [-0.2, 0) is 14.3 Å². The van der Waals surface area contributed by atoms with Crippen LogP contribution in [0.15, 0.2) is 0 Å². The van der Waals surface area contributed by atoms with Crippen LogP contribution in [0.3, 0.4) is 0 Å². The Bertz CT molecular complexity index is 223. The Morgan fingerprint density at radius 3 is 2.88 bits per heavy atom. The number of amides is 1. The van der Waals surface area contributed by atoms with Crippen LogP contribution < -0.4 is 11.1 Å². The molecule has 5 nitrogen and oxygen atoms in total. The largest absolute Gasteiger partial charge is 0.378 e. The van der Waals surface area contributed by atoms with Gasteiger partial charge in [-0.15, -0.1) is 0 Å². The van der Waals surface area contributed by atoms with Crippen LogP contribution in [0.2, 0.25) is 0 Å². The Morgan fingerprint density at radius 2 is 2.44 bits per heavy atom. The van der Waals surface area contributed by atoms with Crippen molar-refractivity contribution in [1.29, 1.82) is 0 Å². The smallest absolute Gasteiger partial charge is 0.224 e. The first-order valence-corrected chi connectivity index (χ1v) is 5.78. The van der Waals surface area contributed by atoms with E-state index < -0.39 is 0 Å². The highest BCUT2D eigenvalue weighted by Gasteiger charge is 2.35. The summed E-state index contributed by atoms with van der Waals surface area (Å²) in [6.45, 7) is 4.08. The number of hydrogen-bond donors (Lipinski definition) is 2. The molecule has 1 rings (SSSR count). The molecule has 1 saturated heterocycles. The van der Waals surface area contributed by atoms with E-state index >= 15 is 0 Å². The highest BCUT2D eigenvalue weighted by molar-refractivity contribution is 5.78. The molecule has 1 aliphatic rings. The van der Waals surface area contributed by atoms with Crippen molar-refractivity contribution < 1.29 is 14.3 Å². The molecular formula is C11H22N2O3. The van der Waals surface area contributed by atoms with E-state index in [9.17, 15) is 4.79 Å². The van der Waals surface area contributed by atoms with Gasteiger partial charge < -0.3 is 20.5 Å². The average Bonchev–Trinajstić information content (AvgIpc) is 2.77. The first-order valence-electron chi connectivity index (χ1n) is 5.78. The van der Waals surface area contributed by atoms with Crippen LogP contribution in [-0.4, -0.2) is 44.9 Å². The van der Waals surface area contributed by atoms with Gasteiger partial charge in [0.25, 0.3) is 0 Å². The monoisotopic (exact) mass is 230 g/mol. The Labute approximate surface area is 96.7 Å². The van der Waals surface area contributed by atoms with Gasteiger partial charge in [0, 0.05) is 39.1 Å². The Hall–Kier alpha value is -0.650. The highest BCUT2D eigenvalue weighted by atomic mass is 16.5. The lowest BCUT2D eigenvalue weighted by Gasteiger charge is -2.26. The fourth-order valence-corrected chi connectivity index (χ4v) is 1.81. The van der Waals surface area contributed by atoms with Crippen molar-refractivity contribution in [3.8, 4) is 0 Å². The first kappa shape index (κ1) is 13.4. The third-order valence-corrected chi connectivity index (χ3v) is 3.23. The number of nitrogens with one attached hydrogen (secondary N) is 1. The van der Waals surface area contributed by atoms with Gasteiger partial charge in [-0.25, -0.2) is 0 Å². The summed E-state index contributed by atoms with van der Waals surface area (Å²) < 4.78 is 10.7. The fourth-order valence-electron chi connectivity index (χ4n) is 1.81. The van der Waals surface area contributed by atoms with Crippen LogP contribution in [0, 0.1) is 5.92 Å². The minimum atomic E-state index is -0.345. The summed E-state index contributed by atoms with van der Waals surface area (Å²) >= 11 is 0. The van der Waals surface area contributed by atoms with E-state index in [0.29, 0.717) is 26.3 Å². The molecule has 1 aliphatic heterocycles. The van der Waals surface area contributed by atoms with Crippen molar-refractivity contribution in [2.75, 3.05) is 33.4 Å². The van der Waals surface area contributed by atoms with Crippen molar-refractivity contribution in [3.05, 3.63) is 0 Å². The topological polar surface area (TPSA) is 73.6 Å². The van der Waals surface area contributed by atoms with Gasteiger partial charge in [0.15, 0.2) is 0 Å². The summed E-state index contributed by atoms with van der Waals surface area (Å²) in [5.41, 5.74) is 5.17. The van der Waals surface area contributed by atoms with Crippen molar-refractivity contribution in [1.82, 2.24) is 5.32 Å². The van der Waals surface area contributed by atoms with E-state index in [1.54, 1.807) is 7.11 Å². The normalized spacial score (nSPS) is 26.7. The molecule has 1 amide bonds. The van der Waals surface area contributed by atoms with E-state index in [1.165, 1.54) is 0 Å². The summed E-state index contributed by atoms with van der Waals surface area (Å²) in [5.74, 6) is -0.0930. The average molecular weight is 230 g/mol. The molecule has 0 aromatic rings. The van der Waals surface area contributed by atoms with Gasteiger partial charge >= 0.3 is 0 Å². The maximum absolute atomic E-state index is 11.7. The Kier molecular flexibility index (Phi) is 5.18. The zero-order valence-corrected chi connectivity index (χ0v) is 10.1. The minimum Gasteiger partial charge on any atom is -0.378 e. The molecule has 94 valence electrons. The van der Waals surface area contributed by atoms with Gasteiger partial charge in [-0.1, -0.05) is 6.92 Å². The van der Waals surface area contributed by atoms with Crippen molar-refractivity contribution >= 4 is 5.91 Å². The zero-order valence-electron chi connectivity index (χ0n) is 10.1. The maximum atomic E-state index is 11.7. The van der Waals surface area contributed by atoms with Gasteiger partial charge in [0.2, 0.25) is 5.91 Å². The number of ether oxygens (including phenoxy) is 2. The molecule has 1 fully saturated rings.